The third-order valence-electron chi connectivity index (χ3n) is 3.15. The summed E-state index contributed by atoms with van der Waals surface area (Å²) in [4.78, 5) is 10.5. The molecule has 114 valence electrons. The normalized spacial score (nSPS) is 11.5. The van der Waals surface area contributed by atoms with Gasteiger partial charge in [-0.1, -0.05) is 23.4 Å². The van der Waals surface area contributed by atoms with Gasteiger partial charge < -0.3 is 10.3 Å². The van der Waals surface area contributed by atoms with E-state index in [0.29, 0.717) is 11.1 Å². The minimum absolute atomic E-state index is 0.0365. The van der Waals surface area contributed by atoms with Crippen LogP contribution in [0.15, 0.2) is 47.6 Å². The van der Waals surface area contributed by atoms with Gasteiger partial charge in [0.1, 0.15) is 11.6 Å². The highest BCUT2D eigenvalue weighted by Gasteiger charge is 2.13. The molecule has 0 aliphatic rings. The van der Waals surface area contributed by atoms with Gasteiger partial charge in [-0.25, -0.2) is 8.78 Å². The van der Waals surface area contributed by atoms with E-state index < -0.39 is 11.8 Å². The number of rotatable bonds is 5. The lowest BCUT2D eigenvalue weighted by atomic mass is 9.99. The summed E-state index contributed by atoms with van der Waals surface area (Å²) in [6.07, 6.45) is -0.350. The second-order valence-corrected chi connectivity index (χ2v) is 4.64. The van der Waals surface area contributed by atoms with Crippen LogP contribution in [-0.4, -0.2) is 22.0 Å². The van der Waals surface area contributed by atoms with Crippen LogP contribution in [0.3, 0.4) is 0 Å². The number of halogens is 2. The summed E-state index contributed by atoms with van der Waals surface area (Å²) >= 11 is 0. The number of hydrogen-bond donors (Lipinski definition) is 2. The molecule has 22 heavy (non-hydrogen) atoms. The first-order chi connectivity index (χ1) is 10.5. The average molecular weight is 305 g/mol. The fourth-order valence-electron chi connectivity index (χ4n) is 2.03. The number of aliphatic carboxylic acids is 1. The van der Waals surface area contributed by atoms with E-state index in [4.69, 9.17) is 10.3 Å². The van der Waals surface area contributed by atoms with Gasteiger partial charge in [0.2, 0.25) is 0 Å². The SMILES string of the molecule is O=C(O)CC/C(=N\O)c1ccc(-c2ccc(F)cc2)cc1F. The van der Waals surface area contributed by atoms with Gasteiger partial charge in [0.25, 0.3) is 0 Å². The van der Waals surface area contributed by atoms with Crippen LogP contribution < -0.4 is 0 Å². The molecule has 0 atom stereocenters. The smallest absolute Gasteiger partial charge is 0.303 e. The van der Waals surface area contributed by atoms with Crippen molar-refractivity contribution < 1.29 is 23.9 Å². The molecular weight excluding hydrogens is 292 g/mol. The van der Waals surface area contributed by atoms with E-state index >= 15 is 0 Å². The molecule has 0 saturated carbocycles. The molecular formula is C16H13F2NO3. The van der Waals surface area contributed by atoms with E-state index in [9.17, 15) is 13.6 Å². The minimum Gasteiger partial charge on any atom is -0.481 e. The molecule has 4 nitrogen and oxygen atoms in total. The van der Waals surface area contributed by atoms with Crippen LogP contribution in [0.25, 0.3) is 11.1 Å². The number of nitrogens with zero attached hydrogens (tertiary/aromatic N) is 1. The van der Waals surface area contributed by atoms with Crippen molar-refractivity contribution in [1.29, 1.82) is 0 Å². The van der Waals surface area contributed by atoms with Crippen LogP contribution in [-0.2, 0) is 4.79 Å². The lowest BCUT2D eigenvalue weighted by Crippen LogP contribution is -2.07. The lowest BCUT2D eigenvalue weighted by molar-refractivity contribution is -0.136. The Morgan fingerprint density at radius 3 is 2.18 bits per heavy atom. The Morgan fingerprint density at radius 1 is 1.00 bits per heavy atom. The van der Waals surface area contributed by atoms with E-state index in [1.807, 2.05) is 0 Å². The molecule has 6 heteroatoms. The molecule has 2 aromatic rings. The molecule has 0 saturated heterocycles. The summed E-state index contributed by atoms with van der Waals surface area (Å²) in [7, 11) is 0. The second-order valence-electron chi connectivity index (χ2n) is 4.64. The van der Waals surface area contributed by atoms with Crippen molar-refractivity contribution in [3.8, 4) is 11.1 Å². The van der Waals surface area contributed by atoms with E-state index in [1.165, 1.54) is 36.4 Å². The first-order valence-corrected chi connectivity index (χ1v) is 6.50. The third kappa shape index (κ3) is 3.66. The zero-order chi connectivity index (χ0) is 16.1. The molecule has 0 aliphatic carbocycles. The Balaban J connectivity index is 2.29. The molecule has 2 rings (SSSR count). The lowest BCUT2D eigenvalue weighted by Gasteiger charge is -2.08. The Hall–Kier alpha value is -2.76. The van der Waals surface area contributed by atoms with Gasteiger partial charge in [0, 0.05) is 12.0 Å². The van der Waals surface area contributed by atoms with E-state index in [0.717, 1.165) is 0 Å². The molecule has 0 aromatic heterocycles. The van der Waals surface area contributed by atoms with Crippen molar-refractivity contribution in [3.05, 3.63) is 59.7 Å². The maximum Gasteiger partial charge on any atom is 0.303 e. The first-order valence-electron chi connectivity index (χ1n) is 6.50. The number of carbonyl (C=O) groups is 1. The fourth-order valence-corrected chi connectivity index (χ4v) is 2.03. The highest BCUT2D eigenvalue weighted by atomic mass is 19.1. The fraction of sp³-hybridized carbons (Fsp3) is 0.125. The third-order valence-corrected chi connectivity index (χ3v) is 3.15. The number of carboxylic acids is 1. The predicted octanol–water partition coefficient (Wildman–Crippen LogP) is 3.67. The molecule has 2 N–H and O–H groups in total. The quantitative estimate of drug-likeness (QED) is 0.503. The Bertz CT molecular complexity index is 712. The van der Waals surface area contributed by atoms with Crippen LogP contribution in [0, 0.1) is 11.6 Å². The number of hydrogen-bond acceptors (Lipinski definition) is 3. The molecule has 0 spiro atoms. The average Bonchev–Trinajstić information content (AvgIpc) is 2.49. The van der Waals surface area contributed by atoms with Crippen molar-refractivity contribution >= 4 is 11.7 Å². The van der Waals surface area contributed by atoms with Crippen LogP contribution in [0.5, 0.6) is 0 Å². The topological polar surface area (TPSA) is 69.9 Å². The molecule has 0 radical (unpaired) electrons. The Labute approximate surface area is 125 Å². The summed E-state index contributed by atoms with van der Waals surface area (Å²) < 4.78 is 27.0. The molecule has 0 aliphatic heterocycles. The van der Waals surface area contributed by atoms with Gasteiger partial charge in [-0.3, -0.25) is 4.79 Å². The van der Waals surface area contributed by atoms with E-state index in [2.05, 4.69) is 5.16 Å². The summed E-state index contributed by atoms with van der Waals surface area (Å²) in [5.41, 5.74) is 1.18. The monoisotopic (exact) mass is 305 g/mol. The van der Waals surface area contributed by atoms with Crippen LogP contribution in [0.1, 0.15) is 18.4 Å². The Kier molecular flexibility index (Phi) is 4.83. The summed E-state index contributed by atoms with van der Waals surface area (Å²) in [6, 6.07) is 9.82. The maximum absolute atomic E-state index is 14.2. The number of carboxylic acid groups (broad SMARTS) is 1. The van der Waals surface area contributed by atoms with Gasteiger partial charge in [0.05, 0.1) is 12.1 Å². The van der Waals surface area contributed by atoms with Crippen molar-refractivity contribution in [2.75, 3.05) is 0 Å². The van der Waals surface area contributed by atoms with Gasteiger partial charge in [-0.2, -0.15) is 0 Å². The molecule has 0 amide bonds. The van der Waals surface area contributed by atoms with Crippen molar-refractivity contribution in [1.82, 2.24) is 0 Å². The highest BCUT2D eigenvalue weighted by Crippen LogP contribution is 2.23. The Morgan fingerprint density at radius 2 is 1.64 bits per heavy atom. The summed E-state index contributed by atoms with van der Waals surface area (Å²) in [5.74, 6) is -2.09. The van der Waals surface area contributed by atoms with Crippen molar-refractivity contribution in [2.45, 2.75) is 12.8 Å². The molecule has 0 unspecified atom stereocenters. The first kappa shape index (κ1) is 15.6. The zero-order valence-electron chi connectivity index (χ0n) is 11.5. The zero-order valence-corrected chi connectivity index (χ0v) is 11.5. The number of benzene rings is 2. The molecule has 0 heterocycles. The predicted molar refractivity (Wildman–Crippen MR) is 77.0 cm³/mol. The summed E-state index contributed by atoms with van der Waals surface area (Å²) in [6.45, 7) is 0. The summed E-state index contributed by atoms with van der Waals surface area (Å²) in [5, 5.41) is 20.5. The van der Waals surface area contributed by atoms with Crippen molar-refractivity contribution in [2.24, 2.45) is 5.16 Å². The van der Waals surface area contributed by atoms with Gasteiger partial charge in [-0.05, 0) is 35.4 Å². The molecule has 2 aromatic carbocycles. The van der Waals surface area contributed by atoms with Crippen LogP contribution in [0.2, 0.25) is 0 Å². The highest BCUT2D eigenvalue weighted by molar-refractivity contribution is 6.01. The largest absolute Gasteiger partial charge is 0.481 e. The van der Waals surface area contributed by atoms with Crippen LogP contribution >= 0.6 is 0 Å². The second kappa shape index (κ2) is 6.80. The number of oxime groups is 1. The molecule has 0 bridgehead atoms. The van der Waals surface area contributed by atoms with Crippen LogP contribution in [0.4, 0.5) is 8.78 Å². The van der Waals surface area contributed by atoms with E-state index in [-0.39, 0.29) is 29.9 Å². The molecule has 0 fully saturated rings. The van der Waals surface area contributed by atoms with Gasteiger partial charge >= 0.3 is 5.97 Å². The standard InChI is InChI=1S/C16H13F2NO3/c17-12-4-1-10(2-5-12)11-3-6-13(14(18)9-11)15(19-22)7-8-16(20)21/h1-6,9,22H,7-8H2,(H,20,21)/b19-15+. The maximum atomic E-state index is 14.2. The minimum atomic E-state index is -1.07. The van der Waals surface area contributed by atoms with Gasteiger partial charge in [-0.15, -0.1) is 0 Å². The van der Waals surface area contributed by atoms with Crippen molar-refractivity contribution in [3.63, 3.8) is 0 Å². The van der Waals surface area contributed by atoms with Gasteiger partial charge in [0.15, 0.2) is 0 Å². The van der Waals surface area contributed by atoms with E-state index in [1.54, 1.807) is 6.07 Å².